The highest BCUT2D eigenvalue weighted by Crippen LogP contribution is 2.47. The number of nitrogens with zero attached hydrogens (tertiary/aromatic N) is 1. The van der Waals surface area contributed by atoms with Crippen LogP contribution in [0.1, 0.15) is 30.2 Å². The van der Waals surface area contributed by atoms with Crippen molar-refractivity contribution in [2.75, 3.05) is 6.79 Å². The molecule has 0 bridgehead atoms. The summed E-state index contributed by atoms with van der Waals surface area (Å²) in [6.07, 6.45) is 9.69. The summed E-state index contributed by atoms with van der Waals surface area (Å²) in [5, 5.41) is 0. The minimum Gasteiger partial charge on any atom is -0.454 e. The molecule has 1 aromatic carbocycles. The second-order valence-electron chi connectivity index (χ2n) is 6.50. The van der Waals surface area contributed by atoms with Gasteiger partial charge in [0.25, 0.3) is 0 Å². The lowest BCUT2D eigenvalue weighted by atomic mass is 9.89. The number of benzene rings is 1. The van der Waals surface area contributed by atoms with Crippen LogP contribution in [0.15, 0.2) is 54.3 Å². The molecule has 24 heavy (non-hydrogen) atoms. The Morgan fingerprint density at radius 1 is 1.17 bits per heavy atom. The molecule has 0 N–H and O–H groups in total. The third kappa shape index (κ3) is 2.01. The van der Waals surface area contributed by atoms with E-state index in [0.717, 1.165) is 29.2 Å². The van der Waals surface area contributed by atoms with Crippen molar-refractivity contribution < 1.29 is 9.47 Å². The lowest BCUT2D eigenvalue weighted by Gasteiger charge is -2.15. The minimum absolute atomic E-state index is 0.305. The third-order valence-electron chi connectivity index (χ3n) is 4.83. The van der Waals surface area contributed by atoms with Crippen LogP contribution in [0.4, 0.5) is 0 Å². The molecule has 0 saturated heterocycles. The first kappa shape index (κ1) is 13.6. The van der Waals surface area contributed by atoms with E-state index in [-0.39, 0.29) is 0 Å². The van der Waals surface area contributed by atoms with Gasteiger partial charge in [0.05, 0.1) is 5.69 Å². The van der Waals surface area contributed by atoms with Gasteiger partial charge in [0.2, 0.25) is 6.79 Å². The maximum Gasteiger partial charge on any atom is 0.231 e. The van der Waals surface area contributed by atoms with Gasteiger partial charge < -0.3 is 9.47 Å². The van der Waals surface area contributed by atoms with Crippen LogP contribution in [0.2, 0.25) is 0 Å². The summed E-state index contributed by atoms with van der Waals surface area (Å²) in [7, 11) is 0. The zero-order valence-corrected chi connectivity index (χ0v) is 13.5. The van der Waals surface area contributed by atoms with E-state index in [2.05, 4.69) is 42.3 Å². The normalized spacial score (nSPS) is 22.0. The standard InChI is InChI=1S/C21H17NO2/c1-13-4-6-16-17(9-13)18(15-3-2-8-22-21(15)16)10-14-5-7-19-20(11-14)24-12-23-19/h2-8,10-11,13H,9,12H2,1H3/b18-10+. The summed E-state index contributed by atoms with van der Waals surface area (Å²) in [5.74, 6) is 2.19. The van der Waals surface area contributed by atoms with Gasteiger partial charge >= 0.3 is 0 Å². The quantitative estimate of drug-likeness (QED) is 0.763. The lowest BCUT2D eigenvalue weighted by molar-refractivity contribution is 0.174. The van der Waals surface area contributed by atoms with Gasteiger partial charge in [-0.2, -0.15) is 0 Å². The van der Waals surface area contributed by atoms with E-state index in [1.54, 1.807) is 0 Å². The van der Waals surface area contributed by atoms with Gasteiger partial charge in [-0.05, 0) is 53.3 Å². The van der Waals surface area contributed by atoms with Gasteiger partial charge in [-0.15, -0.1) is 0 Å². The monoisotopic (exact) mass is 315 g/mol. The van der Waals surface area contributed by atoms with Gasteiger partial charge in [0.15, 0.2) is 11.5 Å². The second-order valence-corrected chi connectivity index (χ2v) is 6.50. The average molecular weight is 315 g/mol. The molecule has 0 fully saturated rings. The van der Waals surface area contributed by atoms with Crippen LogP contribution in [-0.4, -0.2) is 11.8 Å². The molecular weight excluding hydrogens is 298 g/mol. The van der Waals surface area contributed by atoms with Crippen LogP contribution < -0.4 is 9.47 Å². The maximum atomic E-state index is 5.51. The Morgan fingerprint density at radius 3 is 3.04 bits per heavy atom. The van der Waals surface area contributed by atoms with Gasteiger partial charge in [0.1, 0.15) is 0 Å². The zero-order valence-electron chi connectivity index (χ0n) is 13.5. The Hall–Kier alpha value is -2.81. The molecule has 2 heterocycles. The summed E-state index contributed by atoms with van der Waals surface area (Å²) in [4.78, 5) is 4.62. The number of rotatable bonds is 1. The van der Waals surface area contributed by atoms with Crippen molar-refractivity contribution >= 4 is 17.2 Å². The topological polar surface area (TPSA) is 31.4 Å². The molecular formula is C21H17NO2. The van der Waals surface area contributed by atoms with Gasteiger partial charge in [-0.25, -0.2) is 0 Å². The van der Waals surface area contributed by atoms with Gasteiger partial charge in [-0.3, -0.25) is 4.98 Å². The predicted molar refractivity (Wildman–Crippen MR) is 94.5 cm³/mol. The molecule has 0 radical (unpaired) electrons. The molecule has 3 nitrogen and oxygen atoms in total. The number of ether oxygens (including phenoxy) is 2. The number of hydrogen-bond acceptors (Lipinski definition) is 3. The predicted octanol–water partition coefficient (Wildman–Crippen LogP) is 4.71. The Bertz CT molecular complexity index is 937. The first-order chi connectivity index (χ1) is 11.8. The van der Waals surface area contributed by atoms with Crippen molar-refractivity contribution in [2.24, 2.45) is 5.92 Å². The third-order valence-corrected chi connectivity index (χ3v) is 4.83. The van der Waals surface area contributed by atoms with E-state index in [0.29, 0.717) is 12.7 Å². The van der Waals surface area contributed by atoms with Crippen molar-refractivity contribution in [1.82, 2.24) is 4.98 Å². The van der Waals surface area contributed by atoms with Crippen LogP contribution in [0, 0.1) is 5.92 Å². The second kappa shape index (κ2) is 5.10. The highest BCUT2D eigenvalue weighted by molar-refractivity contribution is 6.07. The first-order valence-electron chi connectivity index (χ1n) is 8.28. The van der Waals surface area contributed by atoms with E-state index >= 15 is 0 Å². The largest absolute Gasteiger partial charge is 0.454 e. The van der Waals surface area contributed by atoms with E-state index in [9.17, 15) is 0 Å². The summed E-state index contributed by atoms with van der Waals surface area (Å²) in [6, 6.07) is 10.3. The fourth-order valence-corrected chi connectivity index (χ4v) is 3.67. The number of fused-ring (bicyclic) bond motifs is 3. The smallest absolute Gasteiger partial charge is 0.231 e. The minimum atomic E-state index is 0.305. The van der Waals surface area contributed by atoms with Crippen molar-refractivity contribution in [3.8, 4) is 11.5 Å². The van der Waals surface area contributed by atoms with E-state index in [1.807, 2.05) is 24.4 Å². The highest BCUT2D eigenvalue weighted by Gasteiger charge is 2.28. The van der Waals surface area contributed by atoms with Crippen molar-refractivity contribution in [2.45, 2.75) is 13.3 Å². The molecule has 1 atom stereocenters. The Labute approximate surface area is 140 Å². The first-order valence-corrected chi connectivity index (χ1v) is 8.28. The Kier molecular flexibility index (Phi) is 2.89. The summed E-state index contributed by atoms with van der Waals surface area (Å²) >= 11 is 0. The molecule has 3 heteroatoms. The zero-order chi connectivity index (χ0) is 16.1. The van der Waals surface area contributed by atoms with Crippen LogP contribution >= 0.6 is 0 Å². The van der Waals surface area contributed by atoms with Crippen molar-refractivity contribution in [3.05, 3.63) is 71.1 Å². The van der Waals surface area contributed by atoms with Crippen molar-refractivity contribution in [3.63, 3.8) is 0 Å². The molecule has 0 saturated carbocycles. The maximum absolute atomic E-state index is 5.51. The molecule has 1 aromatic heterocycles. The lowest BCUT2D eigenvalue weighted by Crippen LogP contribution is -1.98. The van der Waals surface area contributed by atoms with Crippen LogP contribution in [-0.2, 0) is 0 Å². The molecule has 3 aliphatic rings. The SMILES string of the molecule is CC1C=CC2=C(C1)/C(=C/c1ccc3c(c1)OCO3)c1cccnc12. The molecule has 2 aliphatic carbocycles. The number of hydrogen-bond donors (Lipinski definition) is 0. The van der Waals surface area contributed by atoms with Crippen LogP contribution in [0.3, 0.4) is 0 Å². The fourth-order valence-electron chi connectivity index (χ4n) is 3.67. The molecule has 1 aliphatic heterocycles. The Balaban J connectivity index is 1.66. The van der Waals surface area contributed by atoms with Crippen LogP contribution in [0.5, 0.6) is 11.5 Å². The van der Waals surface area contributed by atoms with Crippen LogP contribution in [0.25, 0.3) is 17.2 Å². The molecule has 2 aromatic rings. The summed E-state index contributed by atoms with van der Waals surface area (Å²) in [6.45, 7) is 2.56. The highest BCUT2D eigenvalue weighted by atomic mass is 16.7. The van der Waals surface area contributed by atoms with Crippen molar-refractivity contribution in [1.29, 1.82) is 0 Å². The molecule has 1 unspecified atom stereocenters. The fraction of sp³-hybridized carbons (Fsp3) is 0.190. The molecule has 0 amide bonds. The van der Waals surface area contributed by atoms with E-state index in [4.69, 9.17) is 9.47 Å². The van der Waals surface area contributed by atoms with Gasteiger partial charge in [0, 0.05) is 17.3 Å². The Morgan fingerprint density at radius 2 is 2.08 bits per heavy atom. The number of pyridine rings is 1. The summed E-state index contributed by atoms with van der Waals surface area (Å²) in [5.41, 5.74) is 7.40. The molecule has 5 rings (SSSR count). The molecule has 118 valence electrons. The number of allylic oxidation sites excluding steroid dienone is 5. The van der Waals surface area contributed by atoms with E-state index in [1.165, 1.54) is 22.3 Å². The molecule has 0 spiro atoms. The average Bonchev–Trinajstić information content (AvgIpc) is 3.18. The summed E-state index contributed by atoms with van der Waals surface area (Å²) < 4.78 is 10.9. The van der Waals surface area contributed by atoms with E-state index < -0.39 is 0 Å². The van der Waals surface area contributed by atoms with Gasteiger partial charge in [-0.1, -0.05) is 31.2 Å². The number of aromatic nitrogens is 1.